The highest BCUT2D eigenvalue weighted by Crippen LogP contribution is 2.14. The maximum atomic E-state index is 12.7. The third kappa shape index (κ3) is 2.58. The molecule has 0 aliphatic carbocycles. The first-order valence-electron chi connectivity index (χ1n) is 4.22. The average molecular weight is 202 g/mol. The van der Waals surface area contributed by atoms with Crippen molar-refractivity contribution in [3.63, 3.8) is 0 Å². The van der Waals surface area contributed by atoms with Gasteiger partial charge in [0.05, 0.1) is 0 Å². The molecule has 0 radical (unpaired) electrons. The van der Waals surface area contributed by atoms with E-state index in [0.717, 1.165) is 18.4 Å². The molecule has 0 heterocycles. The second kappa shape index (κ2) is 4.79. The van der Waals surface area contributed by atoms with E-state index >= 15 is 0 Å². The third-order valence-electron chi connectivity index (χ3n) is 1.83. The van der Waals surface area contributed by atoms with Crippen molar-refractivity contribution in [1.29, 1.82) is 0 Å². The molecular formula is C10H9F3O. The van der Waals surface area contributed by atoms with E-state index in [1.807, 2.05) is 0 Å². The van der Waals surface area contributed by atoms with Crippen LogP contribution < -0.4 is 0 Å². The van der Waals surface area contributed by atoms with Gasteiger partial charge in [0.25, 0.3) is 0 Å². The zero-order valence-corrected chi connectivity index (χ0v) is 7.40. The Morgan fingerprint density at radius 2 is 1.71 bits per heavy atom. The van der Waals surface area contributed by atoms with Gasteiger partial charge in [0.15, 0.2) is 17.5 Å². The first kappa shape index (κ1) is 10.8. The molecule has 76 valence electrons. The summed E-state index contributed by atoms with van der Waals surface area (Å²) in [6.45, 7) is 0. The van der Waals surface area contributed by atoms with Crippen LogP contribution in [0.5, 0.6) is 0 Å². The lowest BCUT2D eigenvalue weighted by Crippen LogP contribution is -1.95. The van der Waals surface area contributed by atoms with Gasteiger partial charge in [-0.25, -0.2) is 13.2 Å². The van der Waals surface area contributed by atoms with Crippen molar-refractivity contribution >= 4 is 6.29 Å². The normalized spacial score (nSPS) is 10.2. The Labute approximate surface area is 79.5 Å². The van der Waals surface area contributed by atoms with E-state index in [4.69, 9.17) is 0 Å². The minimum absolute atomic E-state index is 0.334. The molecule has 1 nitrogen and oxygen atoms in total. The summed E-state index contributed by atoms with van der Waals surface area (Å²) in [5.74, 6) is -3.83. The van der Waals surface area contributed by atoms with Gasteiger partial charge in [-0.15, -0.1) is 0 Å². The molecule has 14 heavy (non-hydrogen) atoms. The Morgan fingerprint density at radius 3 is 2.21 bits per heavy atom. The summed E-state index contributed by atoms with van der Waals surface area (Å²) < 4.78 is 37.8. The molecule has 0 fully saturated rings. The van der Waals surface area contributed by atoms with Gasteiger partial charge in [-0.05, 0) is 30.5 Å². The van der Waals surface area contributed by atoms with Crippen LogP contribution in [0, 0.1) is 17.5 Å². The number of benzene rings is 1. The fourth-order valence-electron chi connectivity index (χ4n) is 1.14. The highest BCUT2D eigenvalue weighted by Gasteiger charge is 2.09. The lowest BCUT2D eigenvalue weighted by Gasteiger charge is -2.01. The van der Waals surface area contributed by atoms with E-state index < -0.39 is 17.5 Å². The second-order valence-corrected chi connectivity index (χ2v) is 2.93. The summed E-state index contributed by atoms with van der Waals surface area (Å²) in [7, 11) is 0. The summed E-state index contributed by atoms with van der Waals surface area (Å²) in [5.41, 5.74) is 0.364. The van der Waals surface area contributed by atoms with Crippen LogP contribution in [0.15, 0.2) is 12.1 Å². The Morgan fingerprint density at radius 1 is 1.14 bits per heavy atom. The van der Waals surface area contributed by atoms with Gasteiger partial charge in [0.2, 0.25) is 0 Å². The number of rotatable bonds is 4. The van der Waals surface area contributed by atoms with Crippen LogP contribution in [-0.4, -0.2) is 6.29 Å². The van der Waals surface area contributed by atoms with Crippen molar-refractivity contribution < 1.29 is 18.0 Å². The molecule has 0 saturated heterocycles. The van der Waals surface area contributed by atoms with Crippen LogP contribution in [0.1, 0.15) is 18.4 Å². The minimum Gasteiger partial charge on any atom is -0.303 e. The third-order valence-corrected chi connectivity index (χ3v) is 1.83. The van der Waals surface area contributed by atoms with Crippen molar-refractivity contribution in [3.05, 3.63) is 35.1 Å². The Kier molecular flexibility index (Phi) is 3.68. The second-order valence-electron chi connectivity index (χ2n) is 2.93. The highest BCUT2D eigenvalue weighted by atomic mass is 19.2. The molecule has 1 rings (SSSR count). The fourth-order valence-corrected chi connectivity index (χ4v) is 1.14. The van der Waals surface area contributed by atoms with Crippen LogP contribution >= 0.6 is 0 Å². The molecule has 0 atom stereocenters. The monoisotopic (exact) mass is 202 g/mol. The maximum absolute atomic E-state index is 12.7. The van der Waals surface area contributed by atoms with Crippen molar-refractivity contribution in [3.8, 4) is 0 Å². The van der Waals surface area contributed by atoms with Crippen LogP contribution in [-0.2, 0) is 11.2 Å². The fraction of sp³-hybridized carbons (Fsp3) is 0.300. The number of aryl methyl sites for hydroxylation is 1. The number of aldehydes is 1. The summed E-state index contributed by atoms with van der Waals surface area (Å²) in [5, 5.41) is 0. The predicted octanol–water partition coefficient (Wildman–Crippen LogP) is 2.63. The smallest absolute Gasteiger partial charge is 0.194 e. The average Bonchev–Trinajstić information content (AvgIpc) is 2.14. The standard InChI is InChI=1S/C10H9F3O/c11-8-5-7(3-1-2-4-14)6-9(12)10(8)13/h4-6H,1-3H2. The van der Waals surface area contributed by atoms with Gasteiger partial charge in [-0.2, -0.15) is 0 Å². The Bertz CT molecular complexity index is 313. The molecule has 1 aromatic rings. The van der Waals surface area contributed by atoms with Gasteiger partial charge in [0, 0.05) is 6.42 Å². The van der Waals surface area contributed by atoms with Gasteiger partial charge in [-0.3, -0.25) is 0 Å². The van der Waals surface area contributed by atoms with E-state index in [0.29, 0.717) is 24.8 Å². The molecule has 0 aromatic heterocycles. The van der Waals surface area contributed by atoms with Crippen LogP contribution in [0.4, 0.5) is 13.2 Å². The van der Waals surface area contributed by atoms with Gasteiger partial charge < -0.3 is 4.79 Å². The van der Waals surface area contributed by atoms with E-state index in [1.54, 1.807) is 0 Å². The number of hydrogen-bond acceptors (Lipinski definition) is 1. The molecular weight excluding hydrogens is 193 g/mol. The molecule has 4 heteroatoms. The predicted molar refractivity (Wildman–Crippen MR) is 45.3 cm³/mol. The molecule has 0 bridgehead atoms. The molecule has 0 unspecified atom stereocenters. The van der Waals surface area contributed by atoms with Gasteiger partial charge in [0.1, 0.15) is 6.29 Å². The first-order valence-corrected chi connectivity index (χ1v) is 4.22. The number of unbranched alkanes of at least 4 members (excludes halogenated alkanes) is 1. The summed E-state index contributed by atoms with van der Waals surface area (Å²) in [4.78, 5) is 9.97. The summed E-state index contributed by atoms with van der Waals surface area (Å²) >= 11 is 0. The zero-order valence-electron chi connectivity index (χ0n) is 7.40. The zero-order chi connectivity index (χ0) is 10.6. The van der Waals surface area contributed by atoms with Crippen molar-refractivity contribution in [2.45, 2.75) is 19.3 Å². The van der Waals surface area contributed by atoms with E-state index in [-0.39, 0.29) is 0 Å². The molecule has 0 aliphatic heterocycles. The Hall–Kier alpha value is -1.32. The number of carbonyl (C=O) groups is 1. The van der Waals surface area contributed by atoms with E-state index in [9.17, 15) is 18.0 Å². The van der Waals surface area contributed by atoms with Gasteiger partial charge in [-0.1, -0.05) is 0 Å². The lowest BCUT2D eigenvalue weighted by molar-refractivity contribution is -0.107. The number of halogens is 3. The highest BCUT2D eigenvalue weighted by molar-refractivity contribution is 5.49. The van der Waals surface area contributed by atoms with Crippen LogP contribution in [0.2, 0.25) is 0 Å². The molecule has 0 saturated carbocycles. The van der Waals surface area contributed by atoms with Crippen LogP contribution in [0.3, 0.4) is 0 Å². The van der Waals surface area contributed by atoms with Crippen LogP contribution in [0.25, 0.3) is 0 Å². The van der Waals surface area contributed by atoms with Crippen molar-refractivity contribution in [1.82, 2.24) is 0 Å². The molecule has 0 amide bonds. The van der Waals surface area contributed by atoms with Crippen molar-refractivity contribution in [2.24, 2.45) is 0 Å². The molecule has 1 aromatic carbocycles. The number of carbonyl (C=O) groups excluding carboxylic acids is 1. The number of hydrogen-bond donors (Lipinski definition) is 0. The molecule has 0 spiro atoms. The molecule has 0 N–H and O–H groups in total. The Balaban J connectivity index is 2.74. The van der Waals surface area contributed by atoms with Crippen molar-refractivity contribution in [2.75, 3.05) is 0 Å². The quantitative estimate of drug-likeness (QED) is 0.416. The summed E-state index contributed by atoms with van der Waals surface area (Å²) in [6, 6.07) is 1.90. The van der Waals surface area contributed by atoms with E-state index in [2.05, 4.69) is 0 Å². The minimum atomic E-state index is -1.45. The maximum Gasteiger partial charge on any atom is 0.194 e. The molecule has 0 aliphatic rings. The largest absolute Gasteiger partial charge is 0.303 e. The van der Waals surface area contributed by atoms with E-state index in [1.165, 1.54) is 0 Å². The first-order chi connectivity index (χ1) is 6.65. The topological polar surface area (TPSA) is 17.1 Å². The summed E-state index contributed by atoms with van der Waals surface area (Å²) in [6.07, 6.45) is 1.94. The lowest BCUT2D eigenvalue weighted by atomic mass is 10.1. The van der Waals surface area contributed by atoms with Gasteiger partial charge >= 0.3 is 0 Å². The SMILES string of the molecule is O=CCCCc1cc(F)c(F)c(F)c1.